The first-order valence-electron chi connectivity index (χ1n) is 6.77. The van der Waals surface area contributed by atoms with Gasteiger partial charge in [-0.2, -0.15) is 0 Å². The van der Waals surface area contributed by atoms with Crippen molar-refractivity contribution in [2.45, 2.75) is 37.6 Å². The molecule has 0 saturated heterocycles. The molecule has 0 heterocycles. The molecule has 1 aromatic rings. The van der Waals surface area contributed by atoms with E-state index in [0.29, 0.717) is 5.92 Å². The van der Waals surface area contributed by atoms with Gasteiger partial charge in [0.05, 0.1) is 10.5 Å². The fourth-order valence-corrected chi connectivity index (χ4v) is 5.08. The molecule has 116 valence electrons. The van der Waals surface area contributed by atoms with Crippen LogP contribution in [0.5, 0.6) is 0 Å². The Kier molecular flexibility index (Phi) is 4.75. The molecule has 21 heavy (non-hydrogen) atoms. The number of benzene rings is 1. The van der Waals surface area contributed by atoms with Gasteiger partial charge in [-0.05, 0) is 58.8 Å². The quantitative estimate of drug-likeness (QED) is 0.847. The Bertz CT molecular complexity index is 659. The van der Waals surface area contributed by atoms with Gasteiger partial charge in [0.1, 0.15) is 0 Å². The van der Waals surface area contributed by atoms with Crippen LogP contribution in [0.4, 0.5) is 0 Å². The largest absolute Gasteiger partial charge is 0.478 e. The number of hydrogen-bond donors (Lipinski definition) is 2. The first-order chi connectivity index (χ1) is 9.72. The van der Waals surface area contributed by atoms with Crippen LogP contribution in [-0.4, -0.2) is 25.5 Å². The van der Waals surface area contributed by atoms with Gasteiger partial charge in [-0.25, -0.2) is 17.9 Å². The summed E-state index contributed by atoms with van der Waals surface area (Å²) in [5.74, 6) is -0.307. The highest BCUT2D eigenvalue weighted by Gasteiger charge is 2.33. The standard InChI is InChI=1S/C14H18BrNO4S/c1-8-3-5-12(9(8)2)16-21(19,20)13-6-4-10(14(17)18)7-11(13)15/h4,6-9,12,16H,3,5H2,1-2H3,(H,17,18). The van der Waals surface area contributed by atoms with Crippen LogP contribution in [-0.2, 0) is 10.0 Å². The molecule has 1 aliphatic rings. The summed E-state index contributed by atoms with van der Waals surface area (Å²) in [4.78, 5) is 11.0. The molecule has 5 nitrogen and oxygen atoms in total. The van der Waals surface area contributed by atoms with E-state index in [2.05, 4.69) is 27.6 Å². The molecule has 2 N–H and O–H groups in total. The van der Waals surface area contributed by atoms with E-state index in [1.807, 2.05) is 6.92 Å². The van der Waals surface area contributed by atoms with E-state index in [1.54, 1.807) is 0 Å². The van der Waals surface area contributed by atoms with Crippen molar-refractivity contribution < 1.29 is 18.3 Å². The second kappa shape index (κ2) is 6.06. The van der Waals surface area contributed by atoms with Crippen molar-refractivity contribution in [2.24, 2.45) is 11.8 Å². The van der Waals surface area contributed by atoms with Gasteiger partial charge in [-0.1, -0.05) is 13.8 Å². The second-order valence-corrected chi connectivity index (χ2v) is 8.13. The molecular weight excluding hydrogens is 358 g/mol. The second-order valence-electron chi connectivity index (χ2n) is 5.59. The number of sulfonamides is 1. The minimum atomic E-state index is -3.66. The van der Waals surface area contributed by atoms with E-state index in [9.17, 15) is 13.2 Å². The summed E-state index contributed by atoms with van der Waals surface area (Å²) < 4.78 is 27.9. The van der Waals surface area contributed by atoms with Crippen molar-refractivity contribution in [1.29, 1.82) is 0 Å². The molecular formula is C14H18BrNO4S. The maximum Gasteiger partial charge on any atom is 0.335 e. The van der Waals surface area contributed by atoms with Crippen LogP contribution in [0.3, 0.4) is 0 Å². The number of rotatable bonds is 4. The van der Waals surface area contributed by atoms with E-state index < -0.39 is 16.0 Å². The van der Waals surface area contributed by atoms with E-state index in [1.165, 1.54) is 18.2 Å². The van der Waals surface area contributed by atoms with Crippen LogP contribution in [0.15, 0.2) is 27.6 Å². The average molecular weight is 376 g/mol. The van der Waals surface area contributed by atoms with Crippen molar-refractivity contribution in [3.05, 3.63) is 28.2 Å². The number of carboxylic acid groups (broad SMARTS) is 1. The Morgan fingerprint density at radius 1 is 1.33 bits per heavy atom. The highest BCUT2D eigenvalue weighted by molar-refractivity contribution is 9.10. The van der Waals surface area contributed by atoms with Gasteiger partial charge in [-0.15, -0.1) is 0 Å². The highest BCUT2D eigenvalue weighted by atomic mass is 79.9. The zero-order valence-corrected chi connectivity index (χ0v) is 14.2. The lowest BCUT2D eigenvalue weighted by atomic mass is 9.98. The lowest BCUT2D eigenvalue weighted by Crippen LogP contribution is -2.37. The summed E-state index contributed by atoms with van der Waals surface area (Å²) in [6.45, 7) is 4.17. The van der Waals surface area contributed by atoms with Gasteiger partial charge in [-0.3, -0.25) is 0 Å². The van der Waals surface area contributed by atoms with Gasteiger partial charge >= 0.3 is 5.97 Å². The zero-order valence-electron chi connectivity index (χ0n) is 11.8. The fraction of sp³-hybridized carbons (Fsp3) is 0.500. The SMILES string of the molecule is CC1CCC(NS(=O)(=O)c2ccc(C(=O)O)cc2Br)C1C. The molecule has 1 aromatic carbocycles. The van der Waals surface area contributed by atoms with Crippen molar-refractivity contribution >= 4 is 31.9 Å². The molecule has 0 bridgehead atoms. The van der Waals surface area contributed by atoms with Crippen LogP contribution in [0.2, 0.25) is 0 Å². The highest BCUT2D eigenvalue weighted by Crippen LogP contribution is 2.33. The van der Waals surface area contributed by atoms with Crippen molar-refractivity contribution in [2.75, 3.05) is 0 Å². The van der Waals surface area contributed by atoms with Gasteiger partial charge in [0.2, 0.25) is 10.0 Å². The Morgan fingerprint density at radius 3 is 2.48 bits per heavy atom. The van der Waals surface area contributed by atoms with Crippen LogP contribution < -0.4 is 4.72 Å². The molecule has 3 atom stereocenters. The predicted molar refractivity (Wildman–Crippen MR) is 82.8 cm³/mol. The molecule has 1 aliphatic carbocycles. The number of carboxylic acids is 1. The van der Waals surface area contributed by atoms with Crippen LogP contribution in [0, 0.1) is 11.8 Å². The minimum Gasteiger partial charge on any atom is -0.478 e. The van der Waals surface area contributed by atoms with Gasteiger partial charge < -0.3 is 5.11 Å². The molecule has 1 saturated carbocycles. The molecule has 2 rings (SSSR count). The summed E-state index contributed by atoms with van der Waals surface area (Å²) in [5, 5.41) is 8.91. The summed E-state index contributed by atoms with van der Waals surface area (Å²) in [7, 11) is -3.66. The molecule has 0 aromatic heterocycles. The normalized spacial score (nSPS) is 26.0. The van der Waals surface area contributed by atoms with E-state index in [0.717, 1.165) is 12.8 Å². The lowest BCUT2D eigenvalue weighted by Gasteiger charge is -2.20. The molecule has 1 fully saturated rings. The Balaban J connectivity index is 2.26. The monoisotopic (exact) mass is 375 g/mol. The van der Waals surface area contributed by atoms with Crippen LogP contribution in [0.1, 0.15) is 37.0 Å². The van der Waals surface area contributed by atoms with Gasteiger partial charge in [0, 0.05) is 10.5 Å². The molecule has 0 radical (unpaired) electrons. The maximum absolute atomic E-state index is 12.5. The minimum absolute atomic E-state index is 0.0451. The van der Waals surface area contributed by atoms with E-state index >= 15 is 0 Å². The third kappa shape index (κ3) is 3.46. The number of carbonyl (C=O) groups is 1. The average Bonchev–Trinajstić information content (AvgIpc) is 2.69. The molecule has 7 heteroatoms. The number of hydrogen-bond acceptors (Lipinski definition) is 3. The van der Waals surface area contributed by atoms with Crippen molar-refractivity contribution in [1.82, 2.24) is 4.72 Å². The van der Waals surface area contributed by atoms with Gasteiger partial charge in [0.15, 0.2) is 0 Å². The smallest absolute Gasteiger partial charge is 0.335 e. The van der Waals surface area contributed by atoms with Crippen LogP contribution >= 0.6 is 15.9 Å². The van der Waals surface area contributed by atoms with Gasteiger partial charge in [0.25, 0.3) is 0 Å². The Hall–Kier alpha value is -0.920. The molecule has 0 aliphatic heterocycles. The van der Waals surface area contributed by atoms with Crippen molar-refractivity contribution in [3.63, 3.8) is 0 Å². The Labute approximate surface area is 132 Å². The lowest BCUT2D eigenvalue weighted by molar-refractivity contribution is 0.0696. The number of aromatic carboxylic acids is 1. The van der Waals surface area contributed by atoms with E-state index in [4.69, 9.17) is 5.11 Å². The summed E-state index contributed by atoms with van der Waals surface area (Å²) >= 11 is 3.15. The predicted octanol–water partition coefficient (Wildman–Crippen LogP) is 2.86. The number of halogens is 1. The summed E-state index contributed by atoms with van der Waals surface area (Å²) in [6, 6.07) is 3.84. The third-order valence-electron chi connectivity index (χ3n) is 4.24. The number of nitrogens with one attached hydrogen (secondary N) is 1. The third-order valence-corrected chi connectivity index (χ3v) is 6.71. The van der Waals surface area contributed by atoms with Crippen molar-refractivity contribution in [3.8, 4) is 0 Å². The maximum atomic E-state index is 12.5. The van der Waals surface area contributed by atoms with E-state index in [-0.39, 0.29) is 26.9 Å². The topological polar surface area (TPSA) is 83.5 Å². The Morgan fingerprint density at radius 2 is 2.00 bits per heavy atom. The fourth-order valence-electron chi connectivity index (χ4n) is 2.65. The summed E-state index contributed by atoms with van der Waals surface area (Å²) in [5.41, 5.74) is 0.0451. The molecule has 0 amide bonds. The first-order valence-corrected chi connectivity index (χ1v) is 9.05. The molecule has 3 unspecified atom stereocenters. The zero-order chi connectivity index (χ0) is 15.8. The molecule has 0 spiro atoms. The first kappa shape index (κ1) is 16.5. The summed E-state index contributed by atoms with van der Waals surface area (Å²) in [6.07, 6.45) is 1.83. The van der Waals surface area contributed by atoms with Crippen LogP contribution in [0.25, 0.3) is 0 Å².